The molecule has 3 unspecified atom stereocenters. The van der Waals surface area contributed by atoms with Gasteiger partial charge >= 0.3 is 17.9 Å². The molecule has 8 heterocycles. The highest BCUT2D eigenvalue weighted by molar-refractivity contribution is 5.84. The van der Waals surface area contributed by atoms with Crippen molar-refractivity contribution in [3.05, 3.63) is 114 Å². The average Bonchev–Trinajstić information content (AvgIpc) is 2.01. The minimum absolute atomic E-state index is 0. The van der Waals surface area contributed by atoms with Gasteiger partial charge in [0, 0.05) is 116 Å². The largest absolute Gasteiger partial charge is 0.480 e. The lowest BCUT2D eigenvalue weighted by Crippen LogP contribution is -2.40. The van der Waals surface area contributed by atoms with Crippen LogP contribution >= 0.6 is 0 Å². The van der Waals surface area contributed by atoms with Crippen LogP contribution in [0.15, 0.2) is 55.0 Å². The van der Waals surface area contributed by atoms with E-state index in [0.29, 0.717) is 123 Å². The number of halogens is 2. The number of fused-ring (bicyclic) bond motifs is 4. The molecule has 6 aromatic rings. The number of piperidine rings is 2. The Kier molecular flexibility index (Phi) is 21.5. The lowest BCUT2D eigenvalue weighted by molar-refractivity contribution is -0.152. The topological polar surface area (TPSA) is 276 Å². The third-order valence-corrected chi connectivity index (χ3v) is 17.5. The molecule has 22 nitrogen and oxygen atoms in total. The SMILES string of the molecule is C.Cc1nc2n(c(=O)c1CCN1CCC(c3noc4cc(F)ccc34)CC1)CCCC2OC(=O)CCCC(=O)NCCCCC(NC(=O)CCCC(=O)OC1CCCn2c1nc(C)c(CCN1CCC(c3noc4cc(F)ccc34)CC1)c2=O)C(=O)O. The first kappa shape index (κ1) is 63.8. The molecule has 0 saturated carbocycles. The number of benzene rings is 2. The van der Waals surface area contributed by atoms with E-state index in [1.54, 1.807) is 28.2 Å². The van der Waals surface area contributed by atoms with Crippen LogP contribution in [0.3, 0.4) is 0 Å². The predicted octanol–water partition coefficient (Wildman–Crippen LogP) is 8.11. The van der Waals surface area contributed by atoms with Crippen molar-refractivity contribution in [2.24, 2.45) is 0 Å². The van der Waals surface area contributed by atoms with Gasteiger partial charge in [0.15, 0.2) is 35.0 Å². The Labute approximate surface area is 502 Å². The highest BCUT2D eigenvalue weighted by Crippen LogP contribution is 2.35. The maximum Gasteiger partial charge on any atom is 0.326 e. The Morgan fingerprint density at radius 1 is 0.632 bits per heavy atom. The van der Waals surface area contributed by atoms with Gasteiger partial charge in [0.05, 0.1) is 11.4 Å². The van der Waals surface area contributed by atoms with Gasteiger partial charge in [-0.1, -0.05) is 17.7 Å². The number of likely N-dealkylation sites (tertiary alicyclic amines) is 2. The Hall–Kier alpha value is -7.73. The number of hydrogen-bond acceptors (Lipinski definition) is 17. The number of amides is 2. The highest BCUT2D eigenvalue weighted by atomic mass is 19.1. The summed E-state index contributed by atoms with van der Waals surface area (Å²) in [5.74, 6) is -2.56. The van der Waals surface area contributed by atoms with Crippen LogP contribution < -0.4 is 21.8 Å². The first-order valence-electron chi connectivity index (χ1n) is 30.5. The number of hydrogen-bond donors (Lipinski definition) is 3. The number of nitrogens with one attached hydrogen (secondary N) is 2. The van der Waals surface area contributed by atoms with Crippen LogP contribution in [0.2, 0.25) is 0 Å². The van der Waals surface area contributed by atoms with Gasteiger partial charge in [-0.2, -0.15) is 0 Å². The highest BCUT2D eigenvalue weighted by Gasteiger charge is 2.32. The van der Waals surface area contributed by atoms with Crippen molar-refractivity contribution in [2.45, 2.75) is 186 Å². The summed E-state index contributed by atoms with van der Waals surface area (Å²) in [6, 6.07) is 7.81. The molecule has 4 aromatic heterocycles. The third kappa shape index (κ3) is 15.7. The Morgan fingerprint density at radius 2 is 1.09 bits per heavy atom. The van der Waals surface area contributed by atoms with Crippen LogP contribution in [-0.2, 0) is 59.4 Å². The minimum Gasteiger partial charge on any atom is -0.480 e. The number of nitrogens with zero attached hydrogens (tertiary/aromatic N) is 8. The van der Waals surface area contributed by atoms with Gasteiger partial charge in [0.25, 0.3) is 11.1 Å². The number of carboxylic acid groups (broad SMARTS) is 1. The molecule has 24 heteroatoms. The molecular weight excluding hydrogens is 1130 g/mol. The lowest BCUT2D eigenvalue weighted by atomic mass is 9.91. The van der Waals surface area contributed by atoms with Crippen LogP contribution in [-0.4, -0.2) is 126 Å². The van der Waals surface area contributed by atoms with E-state index < -0.39 is 42.1 Å². The maximum absolute atomic E-state index is 13.8. The van der Waals surface area contributed by atoms with Gasteiger partial charge in [-0.3, -0.25) is 37.9 Å². The van der Waals surface area contributed by atoms with Crippen molar-refractivity contribution >= 4 is 51.7 Å². The maximum atomic E-state index is 13.8. The summed E-state index contributed by atoms with van der Waals surface area (Å²) in [7, 11) is 0. The molecule has 0 radical (unpaired) electrons. The molecule has 0 bridgehead atoms. The molecule has 468 valence electrons. The van der Waals surface area contributed by atoms with Gasteiger partial charge in [0.2, 0.25) is 11.8 Å². The smallest absolute Gasteiger partial charge is 0.326 e. The molecule has 2 amide bonds. The fourth-order valence-corrected chi connectivity index (χ4v) is 12.7. The standard InChI is InChI=1S/C62H76F2N10O12.CH4/c1-37-43(24-33-71-29-20-39(21-30-71)56-45-18-16-41(63)35-50(45)85-69-56)60(79)73-27-7-10-48(58(73)66-37)83-54(77)14-5-12-52(75)65-26-4-3-9-47(62(81)82)68-53(76)13-6-15-55(78)84-49-11-8-28-74-59(49)67-38(2)44(61(74)80)25-34-72-31-22-40(23-32-72)57-46-19-17-42(64)36-51(46)86-70-57;/h16-19,35-36,39-40,47-49H,3-15,20-34H2,1-2H3,(H,65,75)(H,68,76)(H,81,82);1H4. The Bertz CT molecular complexity index is 3560. The van der Waals surface area contributed by atoms with E-state index in [4.69, 9.17) is 28.5 Å². The first-order valence-corrected chi connectivity index (χ1v) is 30.5. The molecule has 0 spiro atoms. The lowest BCUT2D eigenvalue weighted by Gasteiger charge is -2.31. The number of carboxylic acids is 1. The number of carbonyl (C=O) groups is 5. The molecule has 2 saturated heterocycles. The van der Waals surface area contributed by atoms with Crippen LogP contribution in [0.5, 0.6) is 0 Å². The molecule has 4 aliphatic rings. The minimum atomic E-state index is -1.21. The second-order valence-corrected chi connectivity index (χ2v) is 23.4. The van der Waals surface area contributed by atoms with Crippen LogP contribution in [0, 0.1) is 25.5 Å². The van der Waals surface area contributed by atoms with E-state index in [9.17, 15) is 47.4 Å². The molecule has 2 fully saturated rings. The van der Waals surface area contributed by atoms with Crippen LogP contribution in [0.1, 0.15) is 186 Å². The van der Waals surface area contributed by atoms with Gasteiger partial charge in [-0.15, -0.1) is 0 Å². The average molecular weight is 1210 g/mol. The number of aryl methyl sites for hydroxylation is 2. The summed E-state index contributed by atoms with van der Waals surface area (Å²) in [4.78, 5) is 105. The number of aliphatic carboxylic acids is 1. The fourth-order valence-electron chi connectivity index (χ4n) is 12.7. The van der Waals surface area contributed by atoms with E-state index in [-0.39, 0.29) is 99.4 Å². The second-order valence-electron chi connectivity index (χ2n) is 23.4. The van der Waals surface area contributed by atoms with Crippen molar-refractivity contribution in [1.29, 1.82) is 0 Å². The summed E-state index contributed by atoms with van der Waals surface area (Å²) in [6.07, 6.45) is 6.51. The predicted molar refractivity (Wildman–Crippen MR) is 316 cm³/mol. The molecule has 87 heavy (non-hydrogen) atoms. The number of rotatable bonds is 25. The molecular formula is C63H80F2N10O12. The van der Waals surface area contributed by atoms with Gasteiger partial charge in [0.1, 0.15) is 17.7 Å². The zero-order valence-corrected chi connectivity index (χ0v) is 48.9. The summed E-state index contributed by atoms with van der Waals surface area (Å²) in [5.41, 5.74) is 4.79. The Morgan fingerprint density at radius 3 is 1.55 bits per heavy atom. The zero-order chi connectivity index (χ0) is 60.4. The molecule has 2 aromatic carbocycles. The normalized spacial score (nSPS) is 17.9. The third-order valence-electron chi connectivity index (χ3n) is 17.5. The van der Waals surface area contributed by atoms with E-state index in [0.717, 1.165) is 74.0 Å². The Balaban J connectivity index is 0.00000902. The van der Waals surface area contributed by atoms with Gasteiger partial charge < -0.3 is 44.1 Å². The summed E-state index contributed by atoms with van der Waals surface area (Å²) < 4.78 is 53.0. The van der Waals surface area contributed by atoms with Gasteiger partial charge in [-0.05, 0) is 161 Å². The fraction of sp³-hybridized carbons (Fsp3) is 0.571. The van der Waals surface area contributed by atoms with Crippen LogP contribution in [0.25, 0.3) is 21.9 Å². The van der Waals surface area contributed by atoms with Crippen molar-refractivity contribution in [3.63, 3.8) is 0 Å². The molecule has 3 N–H and O–H groups in total. The summed E-state index contributed by atoms with van der Waals surface area (Å²) in [5, 5.41) is 25.3. The summed E-state index contributed by atoms with van der Waals surface area (Å²) in [6.45, 7) is 9.42. The van der Waals surface area contributed by atoms with Crippen molar-refractivity contribution in [2.75, 3.05) is 45.8 Å². The molecule has 3 atom stereocenters. The van der Waals surface area contributed by atoms with Gasteiger partial charge in [-0.25, -0.2) is 23.5 Å². The number of carbonyl (C=O) groups excluding carboxylic acids is 4. The van der Waals surface area contributed by atoms with Crippen LogP contribution in [0.4, 0.5) is 8.78 Å². The number of aromatic nitrogens is 6. The molecule has 10 rings (SSSR count). The number of unbranched alkanes of at least 4 members (excludes halogenated alkanes) is 1. The van der Waals surface area contributed by atoms with E-state index in [2.05, 4.69) is 30.7 Å². The van der Waals surface area contributed by atoms with E-state index in [1.165, 1.54) is 24.3 Å². The monoisotopic (exact) mass is 1210 g/mol. The number of esters is 2. The summed E-state index contributed by atoms with van der Waals surface area (Å²) >= 11 is 0. The zero-order valence-electron chi connectivity index (χ0n) is 48.9. The molecule has 4 aliphatic heterocycles. The number of ether oxygens (including phenoxy) is 2. The van der Waals surface area contributed by atoms with E-state index >= 15 is 0 Å². The quantitative estimate of drug-likeness (QED) is 0.0360. The molecule has 0 aliphatic carbocycles. The second kappa shape index (κ2) is 29.3. The van der Waals surface area contributed by atoms with Crippen molar-refractivity contribution in [1.82, 2.24) is 49.8 Å². The van der Waals surface area contributed by atoms with Crippen molar-refractivity contribution in [3.8, 4) is 0 Å². The van der Waals surface area contributed by atoms with Crippen molar-refractivity contribution < 1.29 is 56.4 Å². The first-order chi connectivity index (χ1) is 41.6. The van der Waals surface area contributed by atoms with E-state index in [1.807, 2.05) is 6.92 Å².